The van der Waals surface area contributed by atoms with Crippen LogP contribution in [0.1, 0.15) is 51.8 Å². The first-order chi connectivity index (χ1) is 17.3. The Morgan fingerprint density at radius 2 is 1.72 bits per heavy atom. The molecule has 1 atom stereocenters. The summed E-state index contributed by atoms with van der Waals surface area (Å²) in [5.41, 5.74) is 2.71. The number of aromatic nitrogens is 2. The summed E-state index contributed by atoms with van der Waals surface area (Å²) in [6.07, 6.45) is 2.48. The van der Waals surface area contributed by atoms with Crippen LogP contribution in [-0.4, -0.2) is 57.8 Å². The molecule has 194 valence electrons. The summed E-state index contributed by atoms with van der Waals surface area (Å²) in [4.78, 5) is 2.35. The van der Waals surface area contributed by atoms with Crippen LogP contribution in [0.4, 0.5) is 0 Å². The summed E-state index contributed by atoms with van der Waals surface area (Å²) in [6, 6.07) is 18.1. The van der Waals surface area contributed by atoms with E-state index in [1.54, 1.807) is 7.11 Å². The highest BCUT2D eigenvalue weighted by molar-refractivity contribution is 5.44. The quantitative estimate of drug-likeness (QED) is 0.366. The van der Waals surface area contributed by atoms with E-state index in [0.717, 1.165) is 42.0 Å². The minimum absolute atomic E-state index is 0.281. The molecule has 4 rings (SSSR count). The number of aliphatic hydroxyl groups excluding tert-OH is 1. The first kappa shape index (κ1) is 26.2. The minimum atomic E-state index is -0.565. The fourth-order valence-corrected chi connectivity index (χ4v) is 4.18. The molecule has 2 aromatic carbocycles. The number of para-hydroxylation sites is 1. The second-order valence-electron chi connectivity index (χ2n) is 10.3. The highest BCUT2D eigenvalue weighted by Crippen LogP contribution is 2.36. The third kappa shape index (κ3) is 6.87. The SMILES string of the molecule is CCc1nn(-c2ccccc2)c(Oc2ccc(OC)cc2)c1CN(C[C@H](O)COC(C)(C)C)C1CC1. The van der Waals surface area contributed by atoms with Crippen LogP contribution in [-0.2, 0) is 17.7 Å². The molecule has 0 saturated heterocycles. The zero-order valence-corrected chi connectivity index (χ0v) is 22.1. The molecule has 1 aliphatic rings. The molecule has 0 amide bonds. The lowest BCUT2D eigenvalue weighted by Crippen LogP contribution is -2.38. The number of hydrogen-bond donors (Lipinski definition) is 1. The van der Waals surface area contributed by atoms with Gasteiger partial charge >= 0.3 is 0 Å². The van der Waals surface area contributed by atoms with Crippen molar-refractivity contribution in [3.05, 3.63) is 65.9 Å². The van der Waals surface area contributed by atoms with Gasteiger partial charge in [0.05, 0.1) is 42.4 Å². The minimum Gasteiger partial charge on any atom is -0.497 e. The van der Waals surface area contributed by atoms with E-state index >= 15 is 0 Å². The van der Waals surface area contributed by atoms with E-state index in [4.69, 9.17) is 19.3 Å². The Morgan fingerprint density at radius 3 is 2.31 bits per heavy atom. The Kier molecular flexibility index (Phi) is 8.34. The molecule has 1 saturated carbocycles. The summed E-state index contributed by atoms with van der Waals surface area (Å²) < 4.78 is 19.5. The normalized spacial score (nSPS) is 14.8. The van der Waals surface area contributed by atoms with Crippen molar-refractivity contribution >= 4 is 0 Å². The van der Waals surface area contributed by atoms with Gasteiger partial charge in [0.1, 0.15) is 11.5 Å². The van der Waals surface area contributed by atoms with Crippen molar-refractivity contribution in [3.63, 3.8) is 0 Å². The summed E-state index contributed by atoms with van der Waals surface area (Å²) >= 11 is 0. The number of aliphatic hydroxyl groups is 1. The zero-order chi connectivity index (χ0) is 25.7. The summed E-state index contributed by atoms with van der Waals surface area (Å²) in [7, 11) is 1.65. The van der Waals surface area contributed by atoms with Gasteiger partial charge < -0.3 is 19.3 Å². The molecule has 1 heterocycles. The molecule has 1 aliphatic carbocycles. The van der Waals surface area contributed by atoms with Crippen LogP contribution < -0.4 is 9.47 Å². The van der Waals surface area contributed by atoms with Gasteiger partial charge in [0.25, 0.3) is 0 Å². The van der Waals surface area contributed by atoms with Crippen LogP contribution in [0.5, 0.6) is 17.4 Å². The lowest BCUT2D eigenvalue weighted by Gasteiger charge is -2.27. The van der Waals surface area contributed by atoms with Crippen molar-refractivity contribution in [2.24, 2.45) is 0 Å². The van der Waals surface area contributed by atoms with Gasteiger partial charge in [-0.1, -0.05) is 25.1 Å². The Balaban J connectivity index is 1.65. The van der Waals surface area contributed by atoms with E-state index in [9.17, 15) is 5.11 Å². The van der Waals surface area contributed by atoms with Crippen molar-refractivity contribution in [3.8, 4) is 23.1 Å². The van der Waals surface area contributed by atoms with Crippen LogP contribution in [0.25, 0.3) is 5.69 Å². The number of benzene rings is 2. The van der Waals surface area contributed by atoms with E-state index in [2.05, 4.69) is 11.8 Å². The molecule has 7 heteroatoms. The van der Waals surface area contributed by atoms with Gasteiger partial charge in [-0.15, -0.1) is 0 Å². The molecule has 7 nitrogen and oxygen atoms in total. The third-order valence-electron chi connectivity index (χ3n) is 6.21. The maximum atomic E-state index is 10.8. The van der Waals surface area contributed by atoms with Gasteiger partial charge in [-0.25, -0.2) is 4.68 Å². The summed E-state index contributed by atoms with van der Waals surface area (Å²) in [5.74, 6) is 2.20. The maximum Gasteiger partial charge on any atom is 0.227 e. The molecule has 1 fully saturated rings. The molecule has 3 aromatic rings. The Morgan fingerprint density at radius 1 is 1.06 bits per heavy atom. The van der Waals surface area contributed by atoms with Crippen molar-refractivity contribution in [1.82, 2.24) is 14.7 Å². The van der Waals surface area contributed by atoms with Crippen molar-refractivity contribution in [1.29, 1.82) is 0 Å². The zero-order valence-electron chi connectivity index (χ0n) is 22.1. The first-order valence-electron chi connectivity index (χ1n) is 12.8. The molecule has 0 radical (unpaired) electrons. The fraction of sp³-hybridized carbons (Fsp3) is 0.483. The topological polar surface area (TPSA) is 69.0 Å². The van der Waals surface area contributed by atoms with Gasteiger partial charge in [0.15, 0.2) is 0 Å². The van der Waals surface area contributed by atoms with E-state index in [0.29, 0.717) is 37.4 Å². The second-order valence-corrected chi connectivity index (χ2v) is 10.3. The number of rotatable bonds is 12. The first-order valence-corrected chi connectivity index (χ1v) is 12.8. The molecule has 0 spiro atoms. The number of aryl methyl sites for hydroxylation is 1. The molecule has 0 unspecified atom stereocenters. The molecule has 1 aromatic heterocycles. The second kappa shape index (κ2) is 11.5. The van der Waals surface area contributed by atoms with Gasteiger partial charge in [-0.2, -0.15) is 5.10 Å². The van der Waals surface area contributed by atoms with Gasteiger partial charge in [0.2, 0.25) is 5.88 Å². The molecule has 0 bridgehead atoms. The predicted molar refractivity (Wildman–Crippen MR) is 141 cm³/mol. The molecular formula is C29H39N3O4. The van der Waals surface area contributed by atoms with E-state index < -0.39 is 6.10 Å². The van der Waals surface area contributed by atoms with Crippen LogP contribution in [0.15, 0.2) is 54.6 Å². The van der Waals surface area contributed by atoms with Gasteiger partial charge in [-0.05, 0) is 76.4 Å². The Bertz CT molecular complexity index is 1100. The van der Waals surface area contributed by atoms with E-state index in [1.165, 1.54) is 0 Å². The van der Waals surface area contributed by atoms with Crippen LogP contribution in [0.2, 0.25) is 0 Å². The fourth-order valence-electron chi connectivity index (χ4n) is 4.18. The number of ether oxygens (including phenoxy) is 3. The maximum absolute atomic E-state index is 10.8. The third-order valence-corrected chi connectivity index (χ3v) is 6.21. The average molecular weight is 494 g/mol. The molecular weight excluding hydrogens is 454 g/mol. The summed E-state index contributed by atoms with van der Waals surface area (Å²) in [6.45, 7) is 9.64. The molecule has 1 N–H and O–H groups in total. The monoisotopic (exact) mass is 493 g/mol. The predicted octanol–water partition coefficient (Wildman–Crippen LogP) is 5.38. The smallest absolute Gasteiger partial charge is 0.227 e. The number of nitrogens with zero attached hydrogens (tertiary/aromatic N) is 3. The van der Waals surface area contributed by atoms with Crippen LogP contribution >= 0.6 is 0 Å². The van der Waals surface area contributed by atoms with E-state index in [-0.39, 0.29) is 5.60 Å². The highest BCUT2D eigenvalue weighted by atomic mass is 16.5. The standard InChI is InChI=1S/C29H39N3O4/c1-6-27-26(19-31(21-12-13-21)18-23(33)20-35-29(2,3)4)28(32(30-27)22-10-8-7-9-11-22)36-25-16-14-24(34-5)15-17-25/h7-11,14-17,21,23,33H,6,12-13,18-20H2,1-5H3/t23-/m0/s1. The Hall–Kier alpha value is -2.87. The Labute approximate surface area is 214 Å². The van der Waals surface area contributed by atoms with Crippen LogP contribution in [0.3, 0.4) is 0 Å². The number of hydrogen-bond acceptors (Lipinski definition) is 6. The molecule has 0 aliphatic heterocycles. The van der Waals surface area contributed by atoms with Gasteiger partial charge in [0, 0.05) is 19.1 Å². The lowest BCUT2D eigenvalue weighted by molar-refractivity contribution is -0.0573. The van der Waals surface area contributed by atoms with Crippen molar-refractivity contribution < 1.29 is 19.3 Å². The largest absolute Gasteiger partial charge is 0.497 e. The van der Waals surface area contributed by atoms with Crippen molar-refractivity contribution in [2.75, 3.05) is 20.3 Å². The van der Waals surface area contributed by atoms with E-state index in [1.807, 2.05) is 80.1 Å². The highest BCUT2D eigenvalue weighted by Gasteiger charge is 2.33. The van der Waals surface area contributed by atoms with Gasteiger partial charge in [-0.3, -0.25) is 4.90 Å². The average Bonchev–Trinajstić information content (AvgIpc) is 3.66. The lowest BCUT2D eigenvalue weighted by atomic mass is 10.1. The van der Waals surface area contributed by atoms with Crippen molar-refractivity contribution in [2.45, 2.75) is 71.2 Å². The number of methoxy groups -OCH3 is 1. The molecule has 36 heavy (non-hydrogen) atoms. The summed E-state index contributed by atoms with van der Waals surface area (Å²) in [5, 5.41) is 15.7. The van der Waals surface area contributed by atoms with Crippen LogP contribution in [0, 0.1) is 0 Å².